The lowest BCUT2D eigenvalue weighted by Gasteiger charge is -2.14. The average Bonchev–Trinajstić information content (AvgIpc) is 2.90. The summed E-state index contributed by atoms with van der Waals surface area (Å²) in [6.07, 6.45) is 4.33. The van der Waals surface area contributed by atoms with E-state index in [1.54, 1.807) is 30.3 Å². The van der Waals surface area contributed by atoms with Crippen molar-refractivity contribution >= 4 is 43.9 Å². The van der Waals surface area contributed by atoms with Crippen molar-refractivity contribution in [3.05, 3.63) is 95.0 Å². The monoisotopic (exact) mass is 554 g/mol. The van der Waals surface area contributed by atoms with E-state index in [9.17, 15) is 12.8 Å². The van der Waals surface area contributed by atoms with E-state index in [4.69, 9.17) is 27.9 Å². The van der Waals surface area contributed by atoms with Crippen LogP contribution in [0.25, 0.3) is 33.3 Å². The number of rotatable bonds is 6. The van der Waals surface area contributed by atoms with Gasteiger partial charge in [0.25, 0.3) is 0 Å². The number of fused-ring (bicyclic) bond motifs is 1. The second-order valence-corrected chi connectivity index (χ2v) is 10.8. The molecule has 5 rings (SSSR count). The molecule has 0 aliphatic heterocycles. The molecule has 5 aromatic rings. The number of halogens is 3. The first-order chi connectivity index (χ1) is 17.8. The van der Waals surface area contributed by atoms with E-state index >= 15 is 0 Å². The van der Waals surface area contributed by atoms with Crippen molar-refractivity contribution in [1.29, 1.82) is 0 Å². The van der Waals surface area contributed by atoms with Gasteiger partial charge in [-0.25, -0.2) is 32.7 Å². The number of hydrogen-bond acceptors (Lipinski definition) is 7. The van der Waals surface area contributed by atoms with Crippen LogP contribution < -0.4 is 4.74 Å². The molecule has 0 saturated heterocycles. The number of sulfone groups is 1. The fourth-order valence-corrected chi connectivity index (χ4v) is 5.57. The second-order valence-electron chi connectivity index (χ2n) is 7.99. The van der Waals surface area contributed by atoms with Crippen molar-refractivity contribution in [3.63, 3.8) is 0 Å². The number of ether oxygens (including phenoxy) is 1. The fraction of sp³-hybridized carbons (Fsp3) is 0.0769. The number of benzene rings is 3. The van der Waals surface area contributed by atoms with Crippen LogP contribution >= 0.6 is 23.2 Å². The Morgan fingerprint density at radius 1 is 0.892 bits per heavy atom. The van der Waals surface area contributed by atoms with E-state index in [-0.39, 0.29) is 21.5 Å². The molecule has 0 saturated carbocycles. The molecule has 0 spiro atoms. The molecule has 37 heavy (non-hydrogen) atoms. The molecule has 2 aromatic heterocycles. The van der Waals surface area contributed by atoms with Crippen LogP contribution in [-0.4, -0.2) is 35.5 Å². The van der Waals surface area contributed by atoms with Crippen LogP contribution in [0.3, 0.4) is 0 Å². The zero-order valence-corrected chi connectivity index (χ0v) is 21.5. The third-order valence-electron chi connectivity index (χ3n) is 5.68. The summed E-state index contributed by atoms with van der Waals surface area (Å²) in [6.45, 7) is 0. The predicted octanol–water partition coefficient (Wildman–Crippen LogP) is 6.18. The largest absolute Gasteiger partial charge is 0.496 e. The normalized spacial score (nSPS) is 11.6. The summed E-state index contributed by atoms with van der Waals surface area (Å²) >= 11 is 12.6. The van der Waals surface area contributed by atoms with E-state index < -0.39 is 15.7 Å². The van der Waals surface area contributed by atoms with Gasteiger partial charge in [0.1, 0.15) is 29.5 Å². The van der Waals surface area contributed by atoms with E-state index in [0.717, 1.165) is 0 Å². The molecule has 2 heterocycles. The molecule has 3 aromatic carbocycles. The minimum absolute atomic E-state index is 0.0250. The Hall–Kier alpha value is -3.66. The van der Waals surface area contributed by atoms with Gasteiger partial charge in [-0.1, -0.05) is 29.3 Å². The number of aromatic nitrogens is 4. The molecule has 0 unspecified atom stereocenters. The van der Waals surface area contributed by atoms with Gasteiger partial charge in [0, 0.05) is 33.9 Å². The lowest BCUT2D eigenvalue weighted by atomic mass is 9.99. The summed E-state index contributed by atoms with van der Waals surface area (Å²) < 4.78 is 45.2. The zero-order chi connectivity index (χ0) is 26.2. The zero-order valence-electron chi connectivity index (χ0n) is 19.2. The van der Waals surface area contributed by atoms with Crippen molar-refractivity contribution in [2.45, 2.75) is 10.6 Å². The first-order valence-corrected chi connectivity index (χ1v) is 13.2. The molecule has 0 atom stereocenters. The summed E-state index contributed by atoms with van der Waals surface area (Å²) in [5.41, 5.74) is 2.71. The number of hydrogen-bond donors (Lipinski definition) is 0. The SMILES string of the molecule is COc1cc(-c2ccc(F)c(Cl)c2)c(Cl)cc1-c1ncnc2cc(S(=O)(=O)Cc3ncccn3)ccc12. The Morgan fingerprint density at radius 2 is 1.68 bits per heavy atom. The lowest BCUT2D eigenvalue weighted by molar-refractivity contribution is 0.416. The van der Waals surface area contributed by atoms with Gasteiger partial charge < -0.3 is 4.74 Å². The average molecular weight is 555 g/mol. The van der Waals surface area contributed by atoms with Crippen LogP contribution in [0.1, 0.15) is 5.82 Å². The Bertz CT molecular complexity index is 1750. The van der Waals surface area contributed by atoms with Gasteiger partial charge in [0.2, 0.25) is 0 Å². The topological polar surface area (TPSA) is 94.9 Å². The van der Waals surface area contributed by atoms with Crippen molar-refractivity contribution in [2.75, 3.05) is 7.11 Å². The summed E-state index contributed by atoms with van der Waals surface area (Å²) in [7, 11) is -2.21. The van der Waals surface area contributed by atoms with Crippen LogP contribution in [0.4, 0.5) is 4.39 Å². The molecule has 0 aliphatic rings. The highest BCUT2D eigenvalue weighted by Gasteiger charge is 2.20. The smallest absolute Gasteiger partial charge is 0.185 e. The molecule has 0 aliphatic carbocycles. The van der Waals surface area contributed by atoms with Crippen LogP contribution in [0.2, 0.25) is 10.0 Å². The van der Waals surface area contributed by atoms with Crippen LogP contribution in [0.5, 0.6) is 5.75 Å². The van der Waals surface area contributed by atoms with Gasteiger partial charge in [-0.05, 0) is 54.1 Å². The van der Waals surface area contributed by atoms with E-state index in [0.29, 0.717) is 44.1 Å². The third kappa shape index (κ3) is 4.98. The minimum Gasteiger partial charge on any atom is -0.496 e. The number of methoxy groups -OCH3 is 1. The molecule has 0 radical (unpaired) electrons. The Labute approximate surface area is 221 Å². The molecule has 0 amide bonds. The molecule has 0 N–H and O–H groups in total. The Balaban J connectivity index is 1.58. The van der Waals surface area contributed by atoms with E-state index in [1.165, 1.54) is 50.1 Å². The first-order valence-electron chi connectivity index (χ1n) is 10.8. The fourth-order valence-electron chi connectivity index (χ4n) is 3.89. The van der Waals surface area contributed by atoms with Crippen molar-refractivity contribution < 1.29 is 17.5 Å². The van der Waals surface area contributed by atoms with Crippen LogP contribution in [0, 0.1) is 5.82 Å². The van der Waals surface area contributed by atoms with Crippen LogP contribution in [0.15, 0.2) is 78.2 Å². The lowest BCUT2D eigenvalue weighted by Crippen LogP contribution is -2.08. The summed E-state index contributed by atoms with van der Waals surface area (Å²) in [5.74, 6) is -0.212. The Kier molecular flexibility index (Phi) is 6.76. The van der Waals surface area contributed by atoms with Crippen molar-refractivity contribution in [1.82, 2.24) is 19.9 Å². The molecule has 0 fully saturated rings. The van der Waals surface area contributed by atoms with E-state index in [1.807, 2.05) is 0 Å². The van der Waals surface area contributed by atoms with Gasteiger partial charge in [0.15, 0.2) is 9.84 Å². The van der Waals surface area contributed by atoms with Gasteiger partial charge in [-0.15, -0.1) is 0 Å². The molecule has 7 nitrogen and oxygen atoms in total. The molecule has 186 valence electrons. The highest BCUT2D eigenvalue weighted by atomic mass is 35.5. The van der Waals surface area contributed by atoms with Gasteiger partial charge >= 0.3 is 0 Å². The molecular formula is C26H17Cl2FN4O3S. The quantitative estimate of drug-likeness (QED) is 0.247. The van der Waals surface area contributed by atoms with Gasteiger partial charge in [-0.2, -0.15) is 0 Å². The van der Waals surface area contributed by atoms with Gasteiger partial charge in [0.05, 0.1) is 28.2 Å². The van der Waals surface area contributed by atoms with Crippen molar-refractivity contribution in [2.24, 2.45) is 0 Å². The molecular weight excluding hydrogens is 538 g/mol. The van der Waals surface area contributed by atoms with Crippen LogP contribution in [-0.2, 0) is 15.6 Å². The number of nitrogens with zero attached hydrogens (tertiary/aromatic N) is 4. The summed E-state index contributed by atoms with van der Waals surface area (Å²) in [6, 6.07) is 14.0. The molecule has 0 bridgehead atoms. The highest BCUT2D eigenvalue weighted by Crippen LogP contribution is 2.41. The predicted molar refractivity (Wildman–Crippen MR) is 140 cm³/mol. The van der Waals surface area contributed by atoms with Crippen molar-refractivity contribution in [3.8, 4) is 28.1 Å². The maximum atomic E-state index is 13.7. The maximum Gasteiger partial charge on any atom is 0.185 e. The summed E-state index contributed by atoms with van der Waals surface area (Å²) in [5, 5.41) is 0.944. The molecule has 11 heteroatoms. The minimum atomic E-state index is -3.71. The Morgan fingerprint density at radius 3 is 2.41 bits per heavy atom. The second kappa shape index (κ2) is 10.0. The maximum absolute atomic E-state index is 13.7. The summed E-state index contributed by atoms with van der Waals surface area (Å²) in [4.78, 5) is 16.8. The third-order valence-corrected chi connectivity index (χ3v) is 7.89. The highest BCUT2D eigenvalue weighted by molar-refractivity contribution is 7.90. The standard InChI is InChI=1S/C26H17Cl2FN4O3S/c1-36-24-12-18(15-3-6-22(29)21(28)9-15)20(27)11-19(24)26-17-5-4-16(10-23(17)32-14-33-26)37(34,35)13-25-30-7-2-8-31-25/h2-12,14H,13H2,1H3. The first kappa shape index (κ1) is 25.0. The van der Waals surface area contributed by atoms with Gasteiger partial charge in [-0.3, -0.25) is 0 Å². The van der Waals surface area contributed by atoms with E-state index in [2.05, 4.69) is 19.9 Å².